The van der Waals surface area contributed by atoms with Crippen molar-refractivity contribution >= 4 is 21.6 Å². The Bertz CT molecular complexity index is 351. The molecule has 0 spiro atoms. The van der Waals surface area contributed by atoms with E-state index in [4.69, 9.17) is 4.74 Å². The van der Waals surface area contributed by atoms with Crippen molar-refractivity contribution in [3.8, 4) is 5.75 Å². The Balaban J connectivity index is 3.38. The molecule has 5 heteroatoms. The van der Waals surface area contributed by atoms with Crippen LogP contribution in [0, 0.1) is 17.0 Å². The van der Waals surface area contributed by atoms with Crippen molar-refractivity contribution in [1.29, 1.82) is 0 Å². The molecule has 0 amide bonds. The first-order chi connectivity index (χ1) is 6.07. The van der Waals surface area contributed by atoms with E-state index in [-0.39, 0.29) is 5.69 Å². The van der Waals surface area contributed by atoms with Crippen LogP contribution in [0.3, 0.4) is 0 Å². The molecule has 0 heterocycles. The third-order valence-corrected chi connectivity index (χ3v) is 2.45. The van der Waals surface area contributed by atoms with E-state index < -0.39 is 4.92 Å². The molecule has 0 aromatic heterocycles. The topological polar surface area (TPSA) is 52.4 Å². The zero-order valence-electron chi connectivity index (χ0n) is 7.20. The highest BCUT2D eigenvalue weighted by Gasteiger charge is 2.19. The van der Waals surface area contributed by atoms with Crippen LogP contribution in [0.15, 0.2) is 16.6 Å². The first-order valence-electron chi connectivity index (χ1n) is 3.55. The summed E-state index contributed by atoms with van der Waals surface area (Å²) in [7, 11) is 1.47. The van der Waals surface area contributed by atoms with Crippen LogP contribution >= 0.6 is 15.9 Å². The summed E-state index contributed by atoms with van der Waals surface area (Å²) in [5.41, 5.74) is 0.664. The molecule has 0 aliphatic carbocycles. The van der Waals surface area contributed by atoms with Crippen LogP contribution in [0.4, 0.5) is 5.69 Å². The number of rotatable bonds is 2. The maximum absolute atomic E-state index is 10.6. The molecule has 1 aromatic carbocycles. The fourth-order valence-corrected chi connectivity index (χ4v) is 1.78. The third kappa shape index (κ3) is 1.80. The number of hydrogen-bond donors (Lipinski definition) is 0. The average molecular weight is 246 g/mol. The largest absolute Gasteiger partial charge is 0.495 e. The number of ether oxygens (including phenoxy) is 1. The van der Waals surface area contributed by atoms with E-state index in [1.54, 1.807) is 19.1 Å². The molecule has 0 unspecified atom stereocenters. The quantitative estimate of drug-likeness (QED) is 0.595. The zero-order chi connectivity index (χ0) is 10.0. The second-order valence-corrected chi connectivity index (χ2v) is 3.30. The van der Waals surface area contributed by atoms with Crippen LogP contribution in [0.25, 0.3) is 0 Å². The number of methoxy groups -OCH3 is 1. The Morgan fingerprint density at radius 2 is 2.15 bits per heavy atom. The first-order valence-corrected chi connectivity index (χ1v) is 4.34. The maximum Gasteiger partial charge on any atom is 0.290 e. The third-order valence-electron chi connectivity index (χ3n) is 1.68. The molecule has 0 N–H and O–H groups in total. The van der Waals surface area contributed by atoms with Crippen molar-refractivity contribution in [1.82, 2.24) is 0 Å². The van der Waals surface area contributed by atoms with E-state index in [0.29, 0.717) is 15.8 Å². The van der Waals surface area contributed by atoms with E-state index in [1.807, 2.05) is 0 Å². The second-order valence-electron chi connectivity index (χ2n) is 2.50. The van der Waals surface area contributed by atoms with Crippen molar-refractivity contribution in [3.63, 3.8) is 0 Å². The molecular formula is C8H8BrNO3. The molecule has 0 aliphatic rings. The minimum absolute atomic E-state index is 0.0550. The normalized spacial score (nSPS) is 9.77. The minimum atomic E-state index is -0.429. The number of nitro groups is 1. The van der Waals surface area contributed by atoms with Crippen LogP contribution in [-0.2, 0) is 0 Å². The predicted molar refractivity (Wildman–Crippen MR) is 52.1 cm³/mol. The maximum atomic E-state index is 10.6. The summed E-state index contributed by atoms with van der Waals surface area (Å²) in [6.07, 6.45) is 0. The molecule has 0 saturated carbocycles. The fraction of sp³-hybridized carbons (Fsp3) is 0.250. The summed E-state index contributed by atoms with van der Waals surface area (Å²) in [6, 6.07) is 3.34. The molecule has 1 rings (SSSR count). The molecule has 0 fully saturated rings. The van der Waals surface area contributed by atoms with E-state index in [2.05, 4.69) is 15.9 Å². The highest BCUT2D eigenvalue weighted by Crippen LogP contribution is 2.36. The van der Waals surface area contributed by atoms with Crippen LogP contribution in [0.2, 0.25) is 0 Å². The predicted octanol–water partition coefficient (Wildman–Crippen LogP) is 2.67. The Labute approximate surface area is 83.8 Å². The lowest BCUT2D eigenvalue weighted by Gasteiger charge is -2.04. The molecule has 0 saturated heterocycles. The van der Waals surface area contributed by atoms with E-state index in [1.165, 1.54) is 7.11 Å². The smallest absolute Gasteiger partial charge is 0.290 e. The molecular weight excluding hydrogens is 238 g/mol. The number of benzene rings is 1. The SMILES string of the molecule is COc1ccc(C)c([N+](=O)[O-])c1Br. The van der Waals surface area contributed by atoms with Crippen LogP contribution in [0.1, 0.15) is 5.56 Å². The van der Waals surface area contributed by atoms with Crippen LogP contribution in [0.5, 0.6) is 5.75 Å². The Morgan fingerprint density at radius 1 is 1.54 bits per heavy atom. The van der Waals surface area contributed by atoms with Crippen molar-refractivity contribution in [3.05, 3.63) is 32.3 Å². The van der Waals surface area contributed by atoms with Crippen molar-refractivity contribution in [2.45, 2.75) is 6.92 Å². The van der Waals surface area contributed by atoms with E-state index >= 15 is 0 Å². The Morgan fingerprint density at radius 3 is 2.62 bits per heavy atom. The van der Waals surface area contributed by atoms with Gasteiger partial charge in [0.15, 0.2) is 0 Å². The molecule has 13 heavy (non-hydrogen) atoms. The fourth-order valence-electron chi connectivity index (χ4n) is 1.02. The van der Waals surface area contributed by atoms with Gasteiger partial charge in [0, 0.05) is 5.56 Å². The summed E-state index contributed by atoms with van der Waals surface area (Å²) in [6.45, 7) is 1.68. The van der Waals surface area contributed by atoms with Crippen molar-refractivity contribution in [2.75, 3.05) is 7.11 Å². The summed E-state index contributed by atoms with van der Waals surface area (Å²) in [5.74, 6) is 0.470. The van der Waals surface area contributed by atoms with Gasteiger partial charge in [0.25, 0.3) is 5.69 Å². The van der Waals surface area contributed by atoms with E-state index in [0.717, 1.165) is 0 Å². The van der Waals surface area contributed by atoms with Gasteiger partial charge in [-0.1, -0.05) is 0 Å². The number of aryl methyl sites for hydroxylation is 1. The molecule has 4 nitrogen and oxygen atoms in total. The van der Waals surface area contributed by atoms with Gasteiger partial charge in [-0.2, -0.15) is 0 Å². The van der Waals surface area contributed by atoms with Crippen LogP contribution < -0.4 is 4.74 Å². The summed E-state index contributed by atoms with van der Waals surface area (Å²) in [4.78, 5) is 10.2. The highest BCUT2D eigenvalue weighted by atomic mass is 79.9. The van der Waals surface area contributed by atoms with Gasteiger partial charge < -0.3 is 4.74 Å². The zero-order valence-corrected chi connectivity index (χ0v) is 8.79. The average Bonchev–Trinajstić information content (AvgIpc) is 2.04. The summed E-state index contributed by atoms with van der Waals surface area (Å²) < 4.78 is 5.33. The Kier molecular flexibility index (Phi) is 2.87. The summed E-state index contributed by atoms with van der Waals surface area (Å²) >= 11 is 3.13. The molecule has 70 valence electrons. The monoisotopic (exact) mass is 245 g/mol. The lowest BCUT2D eigenvalue weighted by atomic mass is 10.2. The molecule has 1 aromatic rings. The van der Waals surface area contributed by atoms with Gasteiger partial charge in [0.05, 0.1) is 12.0 Å². The van der Waals surface area contributed by atoms with Gasteiger partial charge in [-0.15, -0.1) is 0 Å². The molecule has 0 bridgehead atoms. The van der Waals surface area contributed by atoms with Crippen molar-refractivity contribution < 1.29 is 9.66 Å². The summed E-state index contributed by atoms with van der Waals surface area (Å²) in [5, 5.41) is 10.6. The number of nitrogens with zero attached hydrogens (tertiary/aromatic N) is 1. The van der Waals surface area contributed by atoms with E-state index in [9.17, 15) is 10.1 Å². The first kappa shape index (κ1) is 9.98. The molecule has 0 aliphatic heterocycles. The number of nitro benzene ring substituents is 1. The van der Waals surface area contributed by atoms with Crippen LogP contribution in [-0.4, -0.2) is 12.0 Å². The molecule has 0 atom stereocenters. The lowest BCUT2D eigenvalue weighted by molar-refractivity contribution is -0.386. The van der Waals surface area contributed by atoms with Gasteiger partial charge in [0.1, 0.15) is 10.2 Å². The minimum Gasteiger partial charge on any atom is -0.495 e. The lowest BCUT2D eigenvalue weighted by Crippen LogP contribution is -1.95. The van der Waals surface area contributed by atoms with Gasteiger partial charge >= 0.3 is 0 Å². The van der Waals surface area contributed by atoms with Gasteiger partial charge in [-0.05, 0) is 35.0 Å². The van der Waals surface area contributed by atoms with Gasteiger partial charge in [0.2, 0.25) is 0 Å². The number of halogens is 1. The van der Waals surface area contributed by atoms with Gasteiger partial charge in [-0.25, -0.2) is 0 Å². The Hall–Kier alpha value is -1.10. The van der Waals surface area contributed by atoms with Crippen molar-refractivity contribution in [2.24, 2.45) is 0 Å². The second kappa shape index (κ2) is 3.74. The molecule has 0 radical (unpaired) electrons. The highest BCUT2D eigenvalue weighted by molar-refractivity contribution is 9.10. The van der Waals surface area contributed by atoms with Gasteiger partial charge in [-0.3, -0.25) is 10.1 Å². The number of hydrogen-bond acceptors (Lipinski definition) is 3. The standard InChI is InChI=1S/C8H8BrNO3/c1-5-3-4-6(13-2)7(9)8(5)10(11)12/h3-4H,1-2H3.